The van der Waals surface area contributed by atoms with Crippen molar-refractivity contribution in [2.45, 2.75) is 6.92 Å². The molecule has 0 bridgehead atoms. The van der Waals surface area contributed by atoms with Crippen LogP contribution in [0.15, 0.2) is 24.4 Å². The summed E-state index contributed by atoms with van der Waals surface area (Å²) in [4.78, 5) is 8.05. The summed E-state index contributed by atoms with van der Waals surface area (Å²) in [6.07, 6.45) is 1.47. The summed E-state index contributed by atoms with van der Waals surface area (Å²) >= 11 is 6.04. The largest absolute Gasteiger partial charge is 0.495 e. The normalized spacial score (nSPS) is 10.1. The maximum atomic E-state index is 6.04. The van der Waals surface area contributed by atoms with Crippen molar-refractivity contribution in [3.63, 3.8) is 0 Å². The molecule has 19 heavy (non-hydrogen) atoms. The van der Waals surface area contributed by atoms with Gasteiger partial charge in [0, 0.05) is 0 Å². The van der Waals surface area contributed by atoms with Gasteiger partial charge in [0.1, 0.15) is 10.8 Å². The van der Waals surface area contributed by atoms with Crippen LogP contribution in [0.5, 0.6) is 5.75 Å². The monoisotopic (exact) mass is 279 g/mol. The number of ether oxygens (including phenoxy) is 1. The van der Waals surface area contributed by atoms with Gasteiger partial charge in [-0.05, 0) is 24.6 Å². The van der Waals surface area contributed by atoms with E-state index >= 15 is 0 Å². The lowest BCUT2D eigenvalue weighted by molar-refractivity contribution is 0.416. The van der Waals surface area contributed by atoms with Gasteiger partial charge in [-0.3, -0.25) is 5.43 Å². The Kier molecular flexibility index (Phi) is 4.03. The molecular weight excluding hydrogens is 266 g/mol. The Hall–Kier alpha value is -2.05. The number of nitrogen functional groups attached to an aromatic ring is 1. The van der Waals surface area contributed by atoms with Gasteiger partial charge in [-0.25, -0.2) is 10.8 Å². The molecule has 6 nitrogen and oxygen atoms in total. The number of benzene rings is 1. The first-order valence-electron chi connectivity index (χ1n) is 5.55. The van der Waals surface area contributed by atoms with Crippen LogP contribution in [0.2, 0.25) is 5.02 Å². The molecule has 0 amide bonds. The maximum absolute atomic E-state index is 6.04. The van der Waals surface area contributed by atoms with E-state index in [0.717, 1.165) is 11.3 Å². The third kappa shape index (κ3) is 3.04. The number of hydrogen-bond acceptors (Lipinski definition) is 6. The number of aromatic nitrogens is 2. The Labute approximate surface area is 115 Å². The smallest absolute Gasteiger partial charge is 0.239 e. The molecule has 0 fully saturated rings. The minimum atomic E-state index is 0.276. The molecule has 0 aliphatic carbocycles. The third-order valence-electron chi connectivity index (χ3n) is 2.48. The lowest BCUT2D eigenvalue weighted by Crippen LogP contribution is -2.11. The van der Waals surface area contributed by atoms with Crippen molar-refractivity contribution in [2.75, 3.05) is 17.9 Å². The van der Waals surface area contributed by atoms with Crippen molar-refractivity contribution in [2.24, 2.45) is 5.84 Å². The van der Waals surface area contributed by atoms with E-state index in [-0.39, 0.29) is 5.95 Å². The van der Waals surface area contributed by atoms with Crippen LogP contribution in [0, 0.1) is 6.92 Å². The van der Waals surface area contributed by atoms with E-state index in [4.69, 9.17) is 22.2 Å². The number of halogens is 1. The van der Waals surface area contributed by atoms with E-state index in [0.29, 0.717) is 16.6 Å². The lowest BCUT2D eigenvalue weighted by atomic mass is 10.2. The highest BCUT2D eigenvalue weighted by Gasteiger charge is 2.09. The number of anilines is 3. The van der Waals surface area contributed by atoms with Gasteiger partial charge >= 0.3 is 0 Å². The molecule has 1 aromatic heterocycles. The first kappa shape index (κ1) is 13.4. The van der Waals surface area contributed by atoms with Crippen molar-refractivity contribution < 1.29 is 4.74 Å². The quantitative estimate of drug-likeness (QED) is 0.589. The van der Waals surface area contributed by atoms with Crippen molar-refractivity contribution >= 4 is 29.1 Å². The Morgan fingerprint density at radius 3 is 2.84 bits per heavy atom. The predicted molar refractivity (Wildman–Crippen MR) is 75.9 cm³/mol. The number of hydrazine groups is 1. The fourth-order valence-corrected chi connectivity index (χ4v) is 1.71. The zero-order chi connectivity index (χ0) is 13.8. The third-order valence-corrected chi connectivity index (χ3v) is 2.76. The van der Waals surface area contributed by atoms with Gasteiger partial charge in [0.05, 0.1) is 19.0 Å². The molecule has 4 N–H and O–H groups in total. The van der Waals surface area contributed by atoms with E-state index in [9.17, 15) is 0 Å². The zero-order valence-electron chi connectivity index (χ0n) is 10.6. The van der Waals surface area contributed by atoms with Gasteiger partial charge < -0.3 is 10.1 Å². The molecular formula is C12H14ClN5O. The topological polar surface area (TPSA) is 85.1 Å². The standard InChI is InChI=1S/C12H14ClN5O/c1-7-3-4-10(19-2)9(5-7)16-11-8(13)6-15-12(17-11)18-14/h3-6H,14H2,1-2H3,(H2,15,16,17,18). The summed E-state index contributed by atoms with van der Waals surface area (Å²) in [6.45, 7) is 1.99. The number of rotatable bonds is 4. The first-order valence-corrected chi connectivity index (χ1v) is 5.92. The van der Waals surface area contributed by atoms with Crippen molar-refractivity contribution in [1.82, 2.24) is 9.97 Å². The molecule has 0 radical (unpaired) electrons. The molecule has 0 aliphatic rings. The Bertz CT molecular complexity index is 590. The van der Waals surface area contributed by atoms with Gasteiger partial charge in [-0.1, -0.05) is 17.7 Å². The van der Waals surface area contributed by atoms with Crippen LogP contribution in [-0.4, -0.2) is 17.1 Å². The second kappa shape index (κ2) is 5.73. The van der Waals surface area contributed by atoms with E-state index in [1.54, 1.807) is 7.11 Å². The summed E-state index contributed by atoms with van der Waals surface area (Å²) in [5, 5.41) is 3.49. The molecule has 1 heterocycles. The van der Waals surface area contributed by atoms with Gasteiger partial charge in [-0.15, -0.1) is 0 Å². The number of nitrogens with zero attached hydrogens (tertiary/aromatic N) is 2. The van der Waals surface area contributed by atoms with Crippen molar-refractivity contribution in [3.8, 4) is 5.75 Å². The fourth-order valence-electron chi connectivity index (χ4n) is 1.57. The molecule has 0 saturated heterocycles. The summed E-state index contributed by atoms with van der Waals surface area (Å²) in [5.74, 6) is 6.70. The molecule has 0 saturated carbocycles. The Balaban J connectivity index is 2.37. The SMILES string of the molecule is COc1ccc(C)cc1Nc1nc(NN)ncc1Cl. The molecule has 2 rings (SSSR count). The Morgan fingerprint density at radius 2 is 2.16 bits per heavy atom. The summed E-state index contributed by atoms with van der Waals surface area (Å²) in [6, 6.07) is 5.76. The van der Waals surface area contributed by atoms with E-state index in [2.05, 4.69) is 20.7 Å². The van der Waals surface area contributed by atoms with Crippen LogP contribution in [0.3, 0.4) is 0 Å². The van der Waals surface area contributed by atoms with Crippen LogP contribution in [0.25, 0.3) is 0 Å². The molecule has 0 aliphatic heterocycles. The maximum Gasteiger partial charge on any atom is 0.239 e. The number of hydrogen-bond donors (Lipinski definition) is 3. The average molecular weight is 280 g/mol. The predicted octanol–water partition coefficient (Wildman–Crippen LogP) is 2.48. The summed E-state index contributed by atoms with van der Waals surface area (Å²) in [7, 11) is 1.60. The average Bonchev–Trinajstić information content (AvgIpc) is 2.41. The highest BCUT2D eigenvalue weighted by atomic mass is 35.5. The second-order valence-corrected chi connectivity index (χ2v) is 4.27. The number of nitrogens with one attached hydrogen (secondary N) is 2. The van der Waals surface area contributed by atoms with E-state index in [1.165, 1.54) is 6.20 Å². The van der Waals surface area contributed by atoms with Crippen molar-refractivity contribution in [1.29, 1.82) is 0 Å². The zero-order valence-corrected chi connectivity index (χ0v) is 11.3. The van der Waals surface area contributed by atoms with Gasteiger partial charge in [0.15, 0.2) is 5.82 Å². The highest BCUT2D eigenvalue weighted by molar-refractivity contribution is 6.32. The van der Waals surface area contributed by atoms with Crippen LogP contribution in [0.1, 0.15) is 5.56 Å². The second-order valence-electron chi connectivity index (χ2n) is 3.86. The molecule has 2 aromatic rings. The van der Waals surface area contributed by atoms with Gasteiger partial charge in [0.2, 0.25) is 5.95 Å². The molecule has 0 spiro atoms. The summed E-state index contributed by atoms with van der Waals surface area (Å²) < 4.78 is 5.28. The minimum Gasteiger partial charge on any atom is -0.495 e. The van der Waals surface area contributed by atoms with E-state index in [1.807, 2.05) is 25.1 Å². The molecule has 1 aromatic carbocycles. The number of methoxy groups -OCH3 is 1. The molecule has 7 heteroatoms. The number of aryl methyl sites for hydroxylation is 1. The summed E-state index contributed by atoms with van der Waals surface area (Å²) in [5.41, 5.74) is 4.23. The van der Waals surface area contributed by atoms with Gasteiger partial charge in [-0.2, -0.15) is 4.98 Å². The first-order chi connectivity index (χ1) is 9.13. The highest BCUT2D eigenvalue weighted by Crippen LogP contribution is 2.30. The minimum absolute atomic E-state index is 0.276. The Morgan fingerprint density at radius 1 is 1.37 bits per heavy atom. The van der Waals surface area contributed by atoms with Gasteiger partial charge in [0.25, 0.3) is 0 Å². The molecule has 100 valence electrons. The fraction of sp³-hybridized carbons (Fsp3) is 0.167. The lowest BCUT2D eigenvalue weighted by Gasteiger charge is -2.12. The van der Waals surface area contributed by atoms with Crippen LogP contribution >= 0.6 is 11.6 Å². The van der Waals surface area contributed by atoms with Crippen LogP contribution in [-0.2, 0) is 0 Å². The van der Waals surface area contributed by atoms with Crippen LogP contribution in [0.4, 0.5) is 17.5 Å². The van der Waals surface area contributed by atoms with Crippen molar-refractivity contribution in [3.05, 3.63) is 35.0 Å². The van der Waals surface area contributed by atoms with Crippen LogP contribution < -0.4 is 21.3 Å². The molecule has 0 atom stereocenters. The number of nitrogens with two attached hydrogens (primary N) is 1. The van der Waals surface area contributed by atoms with E-state index < -0.39 is 0 Å². The molecule has 0 unspecified atom stereocenters.